The number of ether oxygens (including phenoxy) is 2. The summed E-state index contributed by atoms with van der Waals surface area (Å²) in [5.74, 6) is 4.23. The van der Waals surface area contributed by atoms with Gasteiger partial charge in [-0.2, -0.15) is 0 Å². The monoisotopic (exact) mass is 732 g/mol. The minimum atomic E-state index is -0.541. The minimum Gasteiger partial charge on any atom is -0.449 e. The Morgan fingerprint density at radius 1 is 0.386 bits per heavy atom. The first-order valence-electron chi connectivity index (χ1n) is 19.0. The zero-order valence-electron chi connectivity index (χ0n) is 30.6. The lowest BCUT2D eigenvalue weighted by Crippen LogP contribution is -2.28. The molecule has 0 radical (unpaired) electrons. The van der Waals surface area contributed by atoms with Crippen molar-refractivity contribution in [2.75, 3.05) is 0 Å². The summed E-state index contributed by atoms with van der Waals surface area (Å²) in [4.78, 5) is 19.5. The average molecular weight is 733 g/mol. The summed E-state index contributed by atoms with van der Waals surface area (Å²) in [5, 5.41) is 0. The fraction of sp³-hybridized carbons (Fsp3) is 0.0196. The molecule has 7 aromatic carbocycles. The predicted molar refractivity (Wildman–Crippen MR) is 223 cm³/mol. The van der Waals surface area contributed by atoms with Gasteiger partial charge in [0.15, 0.2) is 40.5 Å². The van der Waals surface area contributed by atoms with E-state index < -0.39 is 5.41 Å². The summed E-state index contributed by atoms with van der Waals surface area (Å²) < 4.78 is 13.6. The molecule has 57 heavy (non-hydrogen) atoms. The molecule has 6 nitrogen and oxygen atoms in total. The number of pyridine rings is 1. The quantitative estimate of drug-likeness (QED) is 0.169. The maximum atomic E-state index is 6.89. The van der Waals surface area contributed by atoms with Crippen molar-refractivity contribution in [1.29, 1.82) is 0 Å². The Morgan fingerprint density at radius 3 is 1.70 bits per heavy atom. The van der Waals surface area contributed by atoms with Crippen LogP contribution in [0.2, 0.25) is 0 Å². The van der Waals surface area contributed by atoms with E-state index in [1.54, 1.807) is 6.20 Å². The van der Waals surface area contributed by atoms with Gasteiger partial charge in [0, 0.05) is 34.0 Å². The fourth-order valence-corrected chi connectivity index (χ4v) is 8.40. The summed E-state index contributed by atoms with van der Waals surface area (Å²) in [5.41, 5.74) is 10.8. The van der Waals surface area contributed by atoms with E-state index in [0.29, 0.717) is 40.5 Å². The van der Waals surface area contributed by atoms with Gasteiger partial charge in [0.1, 0.15) is 0 Å². The van der Waals surface area contributed by atoms with Gasteiger partial charge in [-0.15, -0.1) is 0 Å². The number of fused-ring (bicyclic) bond motifs is 6. The lowest BCUT2D eigenvalue weighted by molar-refractivity contribution is 0.360. The summed E-state index contributed by atoms with van der Waals surface area (Å²) in [6.45, 7) is 0. The van der Waals surface area contributed by atoms with Crippen LogP contribution in [-0.4, -0.2) is 19.9 Å². The fourth-order valence-electron chi connectivity index (χ4n) is 8.40. The lowest BCUT2D eigenvalue weighted by Gasteiger charge is -2.34. The number of benzene rings is 7. The minimum absolute atomic E-state index is 0.526. The van der Waals surface area contributed by atoms with E-state index in [1.165, 1.54) is 16.7 Å². The third kappa shape index (κ3) is 5.34. The first-order valence-corrected chi connectivity index (χ1v) is 19.0. The van der Waals surface area contributed by atoms with Crippen LogP contribution in [0, 0.1) is 0 Å². The second-order valence-corrected chi connectivity index (χ2v) is 14.2. The van der Waals surface area contributed by atoms with Gasteiger partial charge in [-0.1, -0.05) is 146 Å². The van der Waals surface area contributed by atoms with Crippen LogP contribution in [0.25, 0.3) is 56.5 Å². The molecule has 0 saturated heterocycles. The van der Waals surface area contributed by atoms with E-state index in [1.807, 2.05) is 91.0 Å². The molecule has 0 fully saturated rings. The van der Waals surface area contributed by atoms with E-state index in [4.69, 9.17) is 24.4 Å². The van der Waals surface area contributed by atoms with E-state index in [-0.39, 0.29) is 0 Å². The molecule has 11 rings (SSSR count). The molecule has 0 bridgehead atoms. The summed E-state index contributed by atoms with van der Waals surface area (Å²) in [7, 11) is 0. The first kappa shape index (κ1) is 32.7. The highest BCUT2D eigenvalue weighted by atomic mass is 16.6. The molecule has 3 heterocycles. The van der Waals surface area contributed by atoms with Crippen molar-refractivity contribution in [1.82, 2.24) is 19.9 Å². The molecule has 0 saturated carbocycles. The van der Waals surface area contributed by atoms with E-state index >= 15 is 0 Å². The van der Waals surface area contributed by atoms with E-state index in [2.05, 4.69) is 102 Å². The van der Waals surface area contributed by atoms with Crippen LogP contribution < -0.4 is 9.47 Å². The van der Waals surface area contributed by atoms with Crippen molar-refractivity contribution < 1.29 is 9.47 Å². The van der Waals surface area contributed by atoms with Crippen molar-refractivity contribution in [2.45, 2.75) is 5.41 Å². The number of rotatable bonds is 6. The van der Waals surface area contributed by atoms with Crippen LogP contribution in [0.15, 0.2) is 194 Å². The molecule has 0 N–H and O–H groups in total. The SMILES string of the molecule is c1ccc(-c2nc(-c3cccc(-c4ccccn4)c3)nc(-c3ccc4c(c3)Oc3ccc5c(c3O4)-c3ccccc3C5(c3ccccc3)c3ccccc3)n2)cc1. The predicted octanol–water partition coefficient (Wildman–Crippen LogP) is 12.2. The average Bonchev–Trinajstić information content (AvgIpc) is 3.61. The number of aromatic nitrogens is 4. The molecule has 2 aliphatic rings. The maximum absolute atomic E-state index is 6.89. The molecule has 268 valence electrons. The molecule has 1 aliphatic heterocycles. The standard InChI is InChI=1S/C51H32N4O2/c1-4-15-33(16-5-1)48-53-49(35-18-14-17-34(31-35)42-25-12-13-30-52-42)55-50(54-48)36-26-28-43-45(32-36)56-44-29-27-41-46(47(44)57-43)39-23-10-11-24-40(39)51(41,37-19-6-2-7-20-37)38-21-8-3-9-22-38/h1-32H. The maximum Gasteiger partial charge on any atom is 0.178 e. The van der Waals surface area contributed by atoms with Crippen molar-refractivity contribution in [3.63, 3.8) is 0 Å². The normalized spacial score (nSPS) is 13.0. The Morgan fingerprint density at radius 2 is 0.982 bits per heavy atom. The molecule has 1 aliphatic carbocycles. The van der Waals surface area contributed by atoms with Crippen LogP contribution in [0.1, 0.15) is 22.3 Å². The van der Waals surface area contributed by atoms with Crippen molar-refractivity contribution in [3.8, 4) is 79.5 Å². The summed E-state index contributed by atoms with van der Waals surface area (Å²) in [6.07, 6.45) is 1.80. The Labute approximate surface area is 329 Å². The first-order chi connectivity index (χ1) is 28.2. The second-order valence-electron chi connectivity index (χ2n) is 14.2. The highest BCUT2D eigenvalue weighted by Crippen LogP contribution is 2.62. The number of nitrogens with zero attached hydrogens (tertiary/aromatic N) is 4. The van der Waals surface area contributed by atoms with Crippen LogP contribution in [0.5, 0.6) is 23.0 Å². The molecule has 0 unspecified atom stereocenters. The molecular weight excluding hydrogens is 701 g/mol. The number of hydrogen-bond donors (Lipinski definition) is 0. The molecule has 0 atom stereocenters. The number of hydrogen-bond acceptors (Lipinski definition) is 6. The van der Waals surface area contributed by atoms with Crippen molar-refractivity contribution in [3.05, 3.63) is 217 Å². The van der Waals surface area contributed by atoms with E-state index in [0.717, 1.165) is 44.6 Å². The van der Waals surface area contributed by atoms with Crippen molar-refractivity contribution in [2.24, 2.45) is 0 Å². The molecular formula is C51H32N4O2. The lowest BCUT2D eigenvalue weighted by atomic mass is 9.68. The zero-order chi connectivity index (χ0) is 37.8. The molecule has 2 aromatic heterocycles. The van der Waals surface area contributed by atoms with Crippen LogP contribution in [0.4, 0.5) is 0 Å². The molecule has 9 aromatic rings. The highest BCUT2D eigenvalue weighted by Gasteiger charge is 2.48. The van der Waals surface area contributed by atoms with Gasteiger partial charge in [0.05, 0.1) is 11.1 Å². The summed E-state index contributed by atoms with van der Waals surface area (Å²) >= 11 is 0. The highest BCUT2D eigenvalue weighted by molar-refractivity contribution is 5.92. The Balaban J connectivity index is 1.02. The van der Waals surface area contributed by atoms with Gasteiger partial charge in [-0.3, -0.25) is 4.98 Å². The molecule has 6 heteroatoms. The Kier molecular flexibility index (Phi) is 7.60. The Bertz CT molecular complexity index is 2920. The van der Waals surface area contributed by atoms with Gasteiger partial charge in [0.2, 0.25) is 0 Å². The second kappa shape index (κ2) is 13.3. The zero-order valence-corrected chi connectivity index (χ0v) is 30.6. The van der Waals surface area contributed by atoms with Gasteiger partial charge >= 0.3 is 0 Å². The third-order valence-electron chi connectivity index (χ3n) is 10.9. The van der Waals surface area contributed by atoms with Gasteiger partial charge in [-0.05, 0) is 70.3 Å². The van der Waals surface area contributed by atoms with Crippen LogP contribution in [-0.2, 0) is 5.41 Å². The topological polar surface area (TPSA) is 70.0 Å². The smallest absolute Gasteiger partial charge is 0.178 e. The van der Waals surface area contributed by atoms with Crippen molar-refractivity contribution >= 4 is 0 Å². The third-order valence-corrected chi connectivity index (χ3v) is 10.9. The van der Waals surface area contributed by atoms with Gasteiger partial charge in [-0.25, -0.2) is 15.0 Å². The Hall–Kier alpha value is -7.70. The molecule has 0 amide bonds. The van der Waals surface area contributed by atoms with Gasteiger partial charge < -0.3 is 9.47 Å². The van der Waals surface area contributed by atoms with Crippen LogP contribution >= 0.6 is 0 Å². The largest absolute Gasteiger partial charge is 0.449 e. The van der Waals surface area contributed by atoms with Gasteiger partial charge in [0.25, 0.3) is 0 Å². The van der Waals surface area contributed by atoms with E-state index in [9.17, 15) is 0 Å². The molecule has 0 spiro atoms. The summed E-state index contributed by atoms with van der Waals surface area (Å²) in [6, 6.07) is 64.3. The van der Waals surface area contributed by atoms with Crippen LogP contribution in [0.3, 0.4) is 0 Å².